The van der Waals surface area contributed by atoms with Crippen LogP contribution in [0.1, 0.15) is 37.3 Å². The van der Waals surface area contributed by atoms with E-state index < -0.39 is 0 Å². The smallest absolute Gasteiger partial charge is 0.313 e. The molecule has 3 nitrogen and oxygen atoms in total. The SMILES string of the molecule is CCOc1ccc(C(CC)C(=O)OC)cc1C. The van der Waals surface area contributed by atoms with Crippen molar-refractivity contribution >= 4 is 5.97 Å². The summed E-state index contributed by atoms with van der Waals surface area (Å²) in [6, 6.07) is 5.85. The lowest BCUT2D eigenvalue weighted by Gasteiger charge is -2.15. The molecule has 0 radical (unpaired) electrons. The van der Waals surface area contributed by atoms with Crippen LogP contribution in [0.25, 0.3) is 0 Å². The van der Waals surface area contributed by atoms with Gasteiger partial charge in [-0.3, -0.25) is 4.79 Å². The zero-order valence-electron chi connectivity index (χ0n) is 10.9. The van der Waals surface area contributed by atoms with Gasteiger partial charge in [-0.2, -0.15) is 0 Å². The summed E-state index contributed by atoms with van der Waals surface area (Å²) < 4.78 is 10.3. The fraction of sp³-hybridized carbons (Fsp3) is 0.500. The molecule has 0 heterocycles. The van der Waals surface area contributed by atoms with Crippen molar-refractivity contribution in [1.82, 2.24) is 0 Å². The maximum atomic E-state index is 11.6. The lowest BCUT2D eigenvalue weighted by Crippen LogP contribution is -2.13. The summed E-state index contributed by atoms with van der Waals surface area (Å²) in [6.07, 6.45) is 0.736. The number of rotatable bonds is 5. The van der Waals surface area contributed by atoms with Gasteiger partial charge in [0.15, 0.2) is 0 Å². The molecule has 3 heteroatoms. The summed E-state index contributed by atoms with van der Waals surface area (Å²) in [6.45, 7) is 6.57. The molecule has 0 aliphatic rings. The number of carbonyl (C=O) groups is 1. The van der Waals surface area contributed by atoms with Crippen molar-refractivity contribution in [3.05, 3.63) is 29.3 Å². The Labute approximate surface area is 103 Å². The highest BCUT2D eigenvalue weighted by molar-refractivity contribution is 5.78. The van der Waals surface area contributed by atoms with Gasteiger partial charge in [-0.15, -0.1) is 0 Å². The van der Waals surface area contributed by atoms with E-state index in [2.05, 4.69) is 0 Å². The maximum absolute atomic E-state index is 11.6. The van der Waals surface area contributed by atoms with E-state index in [-0.39, 0.29) is 11.9 Å². The highest BCUT2D eigenvalue weighted by atomic mass is 16.5. The van der Waals surface area contributed by atoms with Gasteiger partial charge in [0, 0.05) is 0 Å². The van der Waals surface area contributed by atoms with Crippen LogP contribution in [-0.2, 0) is 9.53 Å². The van der Waals surface area contributed by atoms with Crippen molar-refractivity contribution in [3.63, 3.8) is 0 Å². The first-order valence-electron chi connectivity index (χ1n) is 5.95. The maximum Gasteiger partial charge on any atom is 0.313 e. The molecular weight excluding hydrogens is 216 g/mol. The van der Waals surface area contributed by atoms with E-state index in [0.29, 0.717) is 6.61 Å². The molecule has 0 saturated heterocycles. The first kappa shape index (κ1) is 13.6. The lowest BCUT2D eigenvalue weighted by molar-refractivity contribution is -0.142. The molecular formula is C14H20O3. The molecule has 1 unspecified atom stereocenters. The number of methoxy groups -OCH3 is 1. The zero-order valence-corrected chi connectivity index (χ0v) is 10.9. The van der Waals surface area contributed by atoms with Crippen molar-refractivity contribution < 1.29 is 14.3 Å². The van der Waals surface area contributed by atoms with Crippen LogP contribution in [0.3, 0.4) is 0 Å². The van der Waals surface area contributed by atoms with Gasteiger partial charge in [0.25, 0.3) is 0 Å². The molecule has 0 spiro atoms. The molecule has 0 bridgehead atoms. The number of esters is 1. The minimum absolute atomic E-state index is 0.184. The Bertz CT molecular complexity index is 385. The minimum Gasteiger partial charge on any atom is -0.494 e. The minimum atomic E-state index is -0.186. The summed E-state index contributed by atoms with van der Waals surface area (Å²) in [5.41, 5.74) is 2.03. The predicted octanol–water partition coefficient (Wildman–Crippen LogP) is 3.06. The van der Waals surface area contributed by atoms with Crippen molar-refractivity contribution in [3.8, 4) is 5.75 Å². The fourth-order valence-corrected chi connectivity index (χ4v) is 1.89. The Hall–Kier alpha value is -1.51. The van der Waals surface area contributed by atoms with E-state index >= 15 is 0 Å². The third-order valence-corrected chi connectivity index (χ3v) is 2.80. The molecule has 1 atom stereocenters. The number of aryl methyl sites for hydroxylation is 1. The number of benzene rings is 1. The summed E-state index contributed by atoms with van der Waals surface area (Å²) in [4.78, 5) is 11.6. The molecule has 1 aromatic carbocycles. The monoisotopic (exact) mass is 236 g/mol. The molecule has 94 valence electrons. The van der Waals surface area contributed by atoms with Crippen LogP contribution in [-0.4, -0.2) is 19.7 Å². The van der Waals surface area contributed by atoms with Crippen LogP contribution in [0.2, 0.25) is 0 Å². The fourth-order valence-electron chi connectivity index (χ4n) is 1.89. The predicted molar refractivity (Wildman–Crippen MR) is 67.4 cm³/mol. The average Bonchev–Trinajstić information content (AvgIpc) is 2.33. The van der Waals surface area contributed by atoms with Gasteiger partial charge in [0.05, 0.1) is 19.6 Å². The van der Waals surface area contributed by atoms with Crippen LogP contribution in [0.15, 0.2) is 18.2 Å². The Balaban J connectivity index is 2.98. The van der Waals surface area contributed by atoms with E-state index in [9.17, 15) is 4.79 Å². The van der Waals surface area contributed by atoms with E-state index in [4.69, 9.17) is 9.47 Å². The third-order valence-electron chi connectivity index (χ3n) is 2.80. The van der Waals surface area contributed by atoms with Gasteiger partial charge in [-0.25, -0.2) is 0 Å². The quantitative estimate of drug-likeness (QED) is 0.737. The Kier molecular flexibility index (Phi) is 5.01. The lowest BCUT2D eigenvalue weighted by atomic mass is 9.95. The topological polar surface area (TPSA) is 35.5 Å². The number of hydrogen-bond acceptors (Lipinski definition) is 3. The molecule has 17 heavy (non-hydrogen) atoms. The first-order chi connectivity index (χ1) is 8.13. The van der Waals surface area contributed by atoms with Crippen molar-refractivity contribution in [1.29, 1.82) is 0 Å². The van der Waals surface area contributed by atoms with E-state index in [0.717, 1.165) is 23.3 Å². The highest BCUT2D eigenvalue weighted by Crippen LogP contribution is 2.26. The van der Waals surface area contributed by atoms with Gasteiger partial charge in [0.2, 0.25) is 0 Å². The van der Waals surface area contributed by atoms with Gasteiger partial charge in [-0.1, -0.05) is 19.1 Å². The molecule has 1 rings (SSSR count). The molecule has 0 aliphatic carbocycles. The molecule has 0 saturated carbocycles. The van der Waals surface area contributed by atoms with Crippen LogP contribution in [0, 0.1) is 6.92 Å². The van der Waals surface area contributed by atoms with Crippen LogP contribution in [0.4, 0.5) is 0 Å². The summed E-state index contributed by atoms with van der Waals surface area (Å²) in [5, 5.41) is 0. The number of ether oxygens (including phenoxy) is 2. The second kappa shape index (κ2) is 6.28. The zero-order chi connectivity index (χ0) is 12.8. The van der Waals surface area contributed by atoms with Gasteiger partial charge < -0.3 is 9.47 Å². The second-order valence-electron chi connectivity index (χ2n) is 3.94. The Morgan fingerprint density at radius 1 is 1.35 bits per heavy atom. The van der Waals surface area contributed by atoms with E-state index in [1.807, 2.05) is 39.0 Å². The van der Waals surface area contributed by atoms with E-state index in [1.54, 1.807) is 0 Å². The number of carbonyl (C=O) groups excluding carboxylic acids is 1. The first-order valence-corrected chi connectivity index (χ1v) is 5.95. The highest BCUT2D eigenvalue weighted by Gasteiger charge is 2.19. The van der Waals surface area contributed by atoms with Crippen molar-refractivity contribution in [2.24, 2.45) is 0 Å². The average molecular weight is 236 g/mol. The second-order valence-corrected chi connectivity index (χ2v) is 3.94. The summed E-state index contributed by atoms with van der Waals surface area (Å²) >= 11 is 0. The van der Waals surface area contributed by atoms with Crippen molar-refractivity contribution in [2.75, 3.05) is 13.7 Å². The molecule has 0 amide bonds. The molecule has 0 aliphatic heterocycles. The van der Waals surface area contributed by atoms with Crippen LogP contribution >= 0.6 is 0 Å². The Morgan fingerprint density at radius 2 is 2.06 bits per heavy atom. The molecule has 0 fully saturated rings. The molecule has 1 aromatic rings. The van der Waals surface area contributed by atoms with Gasteiger partial charge in [-0.05, 0) is 37.5 Å². The van der Waals surface area contributed by atoms with Crippen LogP contribution in [0.5, 0.6) is 5.75 Å². The Morgan fingerprint density at radius 3 is 2.53 bits per heavy atom. The van der Waals surface area contributed by atoms with E-state index in [1.165, 1.54) is 7.11 Å². The third kappa shape index (κ3) is 3.22. The summed E-state index contributed by atoms with van der Waals surface area (Å²) in [7, 11) is 1.42. The van der Waals surface area contributed by atoms with Gasteiger partial charge in [0.1, 0.15) is 5.75 Å². The largest absolute Gasteiger partial charge is 0.494 e. The normalized spacial score (nSPS) is 12.0. The number of hydrogen-bond donors (Lipinski definition) is 0. The van der Waals surface area contributed by atoms with Gasteiger partial charge >= 0.3 is 5.97 Å². The standard InChI is InChI=1S/C14H20O3/c1-5-12(14(15)16-4)11-7-8-13(17-6-2)10(3)9-11/h7-9,12H,5-6H2,1-4H3. The van der Waals surface area contributed by atoms with Crippen LogP contribution < -0.4 is 4.74 Å². The molecule has 0 aromatic heterocycles. The van der Waals surface area contributed by atoms with Crippen molar-refractivity contribution in [2.45, 2.75) is 33.1 Å². The summed E-state index contributed by atoms with van der Waals surface area (Å²) in [5.74, 6) is 0.501. The molecule has 0 N–H and O–H groups in total.